The summed E-state index contributed by atoms with van der Waals surface area (Å²) in [4.78, 5) is 13.5. The summed E-state index contributed by atoms with van der Waals surface area (Å²) in [5, 5.41) is 21.4. The van der Waals surface area contributed by atoms with Crippen molar-refractivity contribution in [3.63, 3.8) is 0 Å². The molecule has 0 bridgehead atoms. The Labute approximate surface area is 134 Å². The SMILES string of the molecule is CCCN1c2cccc(Cl)c2C(O)=C(CC(=O)OCC)C1O. The molecule has 120 valence electrons. The molecule has 22 heavy (non-hydrogen) atoms. The predicted octanol–water partition coefficient (Wildman–Crippen LogP) is 3.11. The van der Waals surface area contributed by atoms with Crippen molar-refractivity contribution in [3.05, 3.63) is 34.4 Å². The fraction of sp³-hybridized carbons (Fsp3) is 0.438. The molecule has 1 aromatic rings. The second-order valence-electron chi connectivity index (χ2n) is 5.06. The summed E-state index contributed by atoms with van der Waals surface area (Å²) in [6, 6.07) is 5.22. The Kier molecular flexibility index (Phi) is 5.32. The number of esters is 1. The van der Waals surface area contributed by atoms with Crippen molar-refractivity contribution in [2.45, 2.75) is 32.9 Å². The molecular formula is C16H20ClNO4. The first-order chi connectivity index (χ1) is 10.5. The molecule has 0 saturated heterocycles. The first-order valence-electron chi connectivity index (χ1n) is 7.32. The normalized spacial score (nSPS) is 17.5. The van der Waals surface area contributed by atoms with E-state index in [0.717, 1.165) is 6.42 Å². The molecule has 1 atom stereocenters. The lowest BCUT2D eigenvalue weighted by molar-refractivity contribution is -0.142. The molecule has 0 aliphatic carbocycles. The third-order valence-corrected chi connectivity index (χ3v) is 3.87. The number of benzene rings is 1. The summed E-state index contributed by atoms with van der Waals surface area (Å²) in [6.07, 6.45) is -0.447. The minimum atomic E-state index is -1.07. The van der Waals surface area contributed by atoms with E-state index in [1.54, 1.807) is 30.0 Å². The molecule has 1 aromatic carbocycles. The van der Waals surface area contributed by atoms with Crippen molar-refractivity contribution in [1.82, 2.24) is 0 Å². The van der Waals surface area contributed by atoms with Gasteiger partial charge in [-0.3, -0.25) is 4.79 Å². The van der Waals surface area contributed by atoms with Crippen molar-refractivity contribution >= 4 is 29.0 Å². The van der Waals surface area contributed by atoms with Crippen LogP contribution in [0.1, 0.15) is 32.3 Å². The molecule has 1 unspecified atom stereocenters. The summed E-state index contributed by atoms with van der Waals surface area (Å²) < 4.78 is 4.91. The molecule has 0 amide bonds. The third-order valence-electron chi connectivity index (χ3n) is 3.55. The molecule has 2 N–H and O–H groups in total. The van der Waals surface area contributed by atoms with Crippen molar-refractivity contribution < 1.29 is 19.7 Å². The van der Waals surface area contributed by atoms with Gasteiger partial charge in [0.15, 0.2) is 6.23 Å². The molecule has 0 aromatic heterocycles. The Balaban J connectivity index is 2.49. The van der Waals surface area contributed by atoms with Gasteiger partial charge < -0.3 is 19.8 Å². The highest BCUT2D eigenvalue weighted by atomic mass is 35.5. The monoisotopic (exact) mass is 325 g/mol. The number of hydrogen-bond acceptors (Lipinski definition) is 5. The minimum absolute atomic E-state index is 0.145. The summed E-state index contributed by atoms with van der Waals surface area (Å²) in [6.45, 7) is 4.52. The molecule has 0 spiro atoms. The number of halogens is 1. The van der Waals surface area contributed by atoms with Gasteiger partial charge in [-0.2, -0.15) is 0 Å². The number of carbonyl (C=O) groups excluding carboxylic acids is 1. The number of nitrogens with zero attached hydrogens (tertiary/aromatic N) is 1. The average molecular weight is 326 g/mol. The van der Waals surface area contributed by atoms with Crippen molar-refractivity contribution in [1.29, 1.82) is 0 Å². The fourth-order valence-electron chi connectivity index (χ4n) is 2.62. The van der Waals surface area contributed by atoms with Gasteiger partial charge in [-0.25, -0.2) is 0 Å². The quantitative estimate of drug-likeness (QED) is 0.814. The maximum atomic E-state index is 11.7. The smallest absolute Gasteiger partial charge is 0.310 e. The van der Waals surface area contributed by atoms with E-state index in [-0.39, 0.29) is 24.4 Å². The zero-order chi connectivity index (χ0) is 16.3. The van der Waals surface area contributed by atoms with E-state index in [1.807, 2.05) is 6.92 Å². The van der Waals surface area contributed by atoms with Crippen LogP contribution in [0.5, 0.6) is 0 Å². The van der Waals surface area contributed by atoms with Crippen LogP contribution < -0.4 is 4.90 Å². The van der Waals surface area contributed by atoms with Crippen LogP contribution in [0, 0.1) is 0 Å². The van der Waals surface area contributed by atoms with E-state index in [2.05, 4.69) is 0 Å². The van der Waals surface area contributed by atoms with Gasteiger partial charge in [0, 0.05) is 12.1 Å². The summed E-state index contributed by atoms with van der Waals surface area (Å²) in [7, 11) is 0. The van der Waals surface area contributed by atoms with Gasteiger partial charge in [-0.15, -0.1) is 0 Å². The Hall–Kier alpha value is -1.72. The molecule has 2 rings (SSSR count). The first kappa shape index (κ1) is 16.6. The Morgan fingerprint density at radius 2 is 2.14 bits per heavy atom. The minimum Gasteiger partial charge on any atom is -0.507 e. The van der Waals surface area contributed by atoms with Crippen molar-refractivity contribution in [2.75, 3.05) is 18.1 Å². The average Bonchev–Trinajstić information content (AvgIpc) is 2.48. The van der Waals surface area contributed by atoms with Gasteiger partial charge in [0.2, 0.25) is 0 Å². The van der Waals surface area contributed by atoms with E-state index in [0.29, 0.717) is 22.8 Å². The topological polar surface area (TPSA) is 70.0 Å². The highest BCUT2D eigenvalue weighted by Crippen LogP contribution is 2.41. The molecule has 0 fully saturated rings. The molecule has 5 nitrogen and oxygen atoms in total. The Morgan fingerprint density at radius 1 is 1.41 bits per heavy atom. The summed E-state index contributed by atoms with van der Waals surface area (Å²) >= 11 is 6.19. The fourth-order valence-corrected chi connectivity index (χ4v) is 2.87. The number of anilines is 1. The number of hydrogen-bond donors (Lipinski definition) is 2. The molecule has 0 saturated carbocycles. The van der Waals surface area contributed by atoms with Crippen LogP contribution in [-0.4, -0.2) is 35.6 Å². The Bertz CT molecular complexity index is 600. The lowest BCUT2D eigenvalue weighted by Gasteiger charge is -2.37. The number of fused-ring (bicyclic) bond motifs is 1. The van der Waals surface area contributed by atoms with E-state index < -0.39 is 12.2 Å². The highest BCUT2D eigenvalue weighted by Gasteiger charge is 2.34. The van der Waals surface area contributed by atoms with Crippen LogP contribution in [0.15, 0.2) is 23.8 Å². The van der Waals surface area contributed by atoms with Gasteiger partial charge in [0.1, 0.15) is 5.76 Å². The number of aliphatic hydroxyl groups is 2. The van der Waals surface area contributed by atoms with Crippen molar-refractivity contribution in [3.8, 4) is 0 Å². The second-order valence-corrected chi connectivity index (χ2v) is 5.46. The highest BCUT2D eigenvalue weighted by molar-refractivity contribution is 6.33. The molecule has 0 radical (unpaired) electrons. The zero-order valence-corrected chi connectivity index (χ0v) is 13.4. The van der Waals surface area contributed by atoms with Gasteiger partial charge in [-0.05, 0) is 25.5 Å². The third kappa shape index (κ3) is 3.05. The molecule has 1 heterocycles. The van der Waals surface area contributed by atoms with E-state index >= 15 is 0 Å². The van der Waals surface area contributed by atoms with Crippen LogP contribution >= 0.6 is 11.6 Å². The van der Waals surface area contributed by atoms with Crippen LogP contribution in [-0.2, 0) is 9.53 Å². The Morgan fingerprint density at radius 3 is 2.77 bits per heavy atom. The summed E-state index contributed by atoms with van der Waals surface area (Å²) in [5.41, 5.74) is 1.32. The zero-order valence-electron chi connectivity index (χ0n) is 12.7. The van der Waals surface area contributed by atoms with Gasteiger partial charge in [0.05, 0.1) is 29.3 Å². The predicted molar refractivity (Wildman–Crippen MR) is 85.9 cm³/mol. The molecular weight excluding hydrogens is 306 g/mol. The van der Waals surface area contributed by atoms with Gasteiger partial charge in [-0.1, -0.05) is 24.6 Å². The first-order valence-corrected chi connectivity index (χ1v) is 7.70. The van der Waals surface area contributed by atoms with Crippen LogP contribution in [0.4, 0.5) is 5.69 Å². The van der Waals surface area contributed by atoms with Crippen LogP contribution in [0.3, 0.4) is 0 Å². The van der Waals surface area contributed by atoms with E-state index in [4.69, 9.17) is 16.3 Å². The number of aliphatic hydroxyl groups excluding tert-OH is 2. The van der Waals surface area contributed by atoms with Gasteiger partial charge in [0.25, 0.3) is 0 Å². The van der Waals surface area contributed by atoms with Crippen LogP contribution in [0.2, 0.25) is 5.02 Å². The van der Waals surface area contributed by atoms with E-state index in [1.165, 1.54) is 0 Å². The summed E-state index contributed by atoms with van der Waals surface area (Å²) in [5.74, 6) is -0.636. The van der Waals surface area contributed by atoms with Gasteiger partial charge >= 0.3 is 5.97 Å². The lowest BCUT2D eigenvalue weighted by atomic mass is 9.96. The standard InChI is InChI=1S/C16H20ClNO4/c1-3-8-18-12-7-5-6-11(17)14(12)15(20)10(16(18)21)9-13(19)22-4-2/h5-7,16,20-21H,3-4,8-9H2,1-2H3. The molecule has 1 aliphatic heterocycles. The van der Waals surface area contributed by atoms with Crippen molar-refractivity contribution in [2.24, 2.45) is 0 Å². The number of ether oxygens (including phenoxy) is 1. The number of carbonyl (C=O) groups is 1. The second kappa shape index (κ2) is 7.03. The maximum absolute atomic E-state index is 11.7. The maximum Gasteiger partial charge on any atom is 0.310 e. The van der Waals surface area contributed by atoms with Crippen LogP contribution in [0.25, 0.3) is 5.76 Å². The largest absolute Gasteiger partial charge is 0.507 e. The molecule has 1 aliphatic rings. The van der Waals surface area contributed by atoms with E-state index in [9.17, 15) is 15.0 Å². The lowest BCUT2D eigenvalue weighted by Crippen LogP contribution is -2.41. The molecule has 6 heteroatoms. The number of rotatable bonds is 5.